The second kappa shape index (κ2) is 7.00. The Morgan fingerprint density at radius 1 is 1.18 bits per heavy atom. The average molecular weight is 398 g/mol. The molecule has 1 atom stereocenters. The lowest BCUT2D eigenvalue weighted by atomic mass is 9.92. The normalized spacial score (nSPS) is 21.1. The van der Waals surface area contributed by atoms with Crippen LogP contribution in [0.15, 0.2) is 6.33 Å². The summed E-state index contributed by atoms with van der Waals surface area (Å²) in [5.74, 6) is 0.494. The molecule has 7 nitrogen and oxygen atoms in total. The van der Waals surface area contributed by atoms with Gasteiger partial charge in [0, 0.05) is 31.0 Å². The fraction of sp³-hybridized carbons (Fsp3) is 0.550. The molecule has 146 valence electrons. The molecule has 2 aliphatic heterocycles. The Hall–Kier alpha value is -2.19. The summed E-state index contributed by atoms with van der Waals surface area (Å²) in [5.41, 5.74) is 4.15. The second-order valence-electron chi connectivity index (χ2n) is 7.73. The summed E-state index contributed by atoms with van der Waals surface area (Å²) >= 11 is 1.63. The summed E-state index contributed by atoms with van der Waals surface area (Å²) in [7, 11) is 0. The van der Waals surface area contributed by atoms with Crippen LogP contribution in [0.3, 0.4) is 0 Å². The van der Waals surface area contributed by atoms with Crippen LogP contribution in [0.5, 0.6) is 0 Å². The summed E-state index contributed by atoms with van der Waals surface area (Å²) in [5, 5.41) is 9.75. The second-order valence-corrected chi connectivity index (χ2v) is 8.73. The highest BCUT2D eigenvalue weighted by Gasteiger charge is 2.32. The van der Waals surface area contributed by atoms with Crippen molar-refractivity contribution in [2.24, 2.45) is 0 Å². The standard InChI is InChI=1S/C20H23N5O2S/c1-11-12(2)23-24-19-15(11)17-18(28-19)16(21-10-22-17)13-5-7-25(8-6-13)20(26)14-4-3-9-27-14/h10,13-14H,3-9H2,1-2H3. The molecule has 3 aromatic rings. The third-order valence-electron chi connectivity index (χ3n) is 6.09. The molecule has 0 spiro atoms. The number of hydrogen-bond donors (Lipinski definition) is 0. The Balaban J connectivity index is 1.43. The van der Waals surface area contributed by atoms with E-state index in [2.05, 4.69) is 27.1 Å². The van der Waals surface area contributed by atoms with Crippen LogP contribution in [0.25, 0.3) is 20.4 Å². The number of ether oxygens (including phenoxy) is 1. The summed E-state index contributed by atoms with van der Waals surface area (Å²) < 4.78 is 6.68. The quantitative estimate of drug-likeness (QED) is 0.661. The largest absolute Gasteiger partial charge is 0.368 e. The van der Waals surface area contributed by atoms with Crippen molar-refractivity contribution in [1.82, 2.24) is 25.1 Å². The van der Waals surface area contributed by atoms with Gasteiger partial charge in [0.1, 0.15) is 17.3 Å². The van der Waals surface area contributed by atoms with Gasteiger partial charge in [0.25, 0.3) is 5.91 Å². The minimum atomic E-state index is -0.227. The van der Waals surface area contributed by atoms with Crippen LogP contribution < -0.4 is 0 Å². The zero-order chi connectivity index (χ0) is 19.3. The maximum absolute atomic E-state index is 12.6. The highest BCUT2D eigenvalue weighted by atomic mass is 32.1. The molecule has 2 aliphatic rings. The lowest BCUT2D eigenvalue weighted by Gasteiger charge is -2.33. The number of thiophene rings is 1. The molecule has 0 bridgehead atoms. The first-order valence-corrected chi connectivity index (χ1v) is 10.7. The molecular formula is C20H23N5O2S. The Labute approximate surface area is 167 Å². The van der Waals surface area contributed by atoms with E-state index in [4.69, 9.17) is 4.74 Å². The van der Waals surface area contributed by atoms with Crippen LogP contribution in [0.4, 0.5) is 0 Å². The van der Waals surface area contributed by atoms with Crippen LogP contribution >= 0.6 is 11.3 Å². The molecule has 0 radical (unpaired) electrons. The molecule has 0 N–H and O–H groups in total. The van der Waals surface area contributed by atoms with E-state index in [1.165, 1.54) is 0 Å². The molecule has 0 saturated carbocycles. The first-order chi connectivity index (χ1) is 13.6. The van der Waals surface area contributed by atoms with Crippen molar-refractivity contribution in [1.29, 1.82) is 0 Å². The number of amides is 1. The Morgan fingerprint density at radius 2 is 2.00 bits per heavy atom. The Kier molecular flexibility index (Phi) is 4.47. The molecule has 0 aliphatic carbocycles. The van der Waals surface area contributed by atoms with Gasteiger partial charge >= 0.3 is 0 Å². The maximum Gasteiger partial charge on any atom is 0.251 e. The van der Waals surface area contributed by atoms with E-state index in [0.29, 0.717) is 12.5 Å². The van der Waals surface area contributed by atoms with Crippen LogP contribution in [-0.4, -0.2) is 56.8 Å². The van der Waals surface area contributed by atoms with Crippen LogP contribution in [0.2, 0.25) is 0 Å². The molecular weight excluding hydrogens is 374 g/mol. The molecule has 0 aromatic carbocycles. The Morgan fingerprint density at radius 3 is 2.75 bits per heavy atom. The molecule has 1 unspecified atom stereocenters. The first-order valence-electron chi connectivity index (χ1n) is 9.91. The Bertz CT molecular complexity index is 1050. The summed E-state index contributed by atoms with van der Waals surface area (Å²) in [4.78, 5) is 24.7. The lowest BCUT2D eigenvalue weighted by molar-refractivity contribution is -0.142. The number of rotatable bonds is 2. The lowest BCUT2D eigenvalue weighted by Crippen LogP contribution is -2.43. The van der Waals surface area contributed by atoms with Gasteiger partial charge in [0.05, 0.1) is 21.6 Å². The predicted octanol–water partition coefficient (Wildman–Crippen LogP) is 3.14. The summed E-state index contributed by atoms with van der Waals surface area (Å²) in [6.07, 6.45) is 5.12. The van der Waals surface area contributed by atoms with Gasteiger partial charge in [-0.05, 0) is 45.1 Å². The number of piperidine rings is 1. The smallest absolute Gasteiger partial charge is 0.251 e. The van der Waals surface area contributed by atoms with E-state index < -0.39 is 0 Å². The molecule has 28 heavy (non-hydrogen) atoms. The van der Waals surface area contributed by atoms with Crippen molar-refractivity contribution in [2.75, 3.05) is 19.7 Å². The summed E-state index contributed by atoms with van der Waals surface area (Å²) in [6, 6.07) is 0. The number of aromatic nitrogens is 4. The highest BCUT2D eigenvalue weighted by molar-refractivity contribution is 7.25. The molecule has 2 fully saturated rings. The number of aryl methyl sites for hydroxylation is 2. The van der Waals surface area contributed by atoms with E-state index in [-0.39, 0.29) is 12.0 Å². The van der Waals surface area contributed by atoms with E-state index in [9.17, 15) is 4.79 Å². The average Bonchev–Trinajstić information content (AvgIpc) is 3.38. The zero-order valence-corrected chi connectivity index (χ0v) is 17.0. The predicted molar refractivity (Wildman–Crippen MR) is 108 cm³/mol. The van der Waals surface area contributed by atoms with Gasteiger partial charge in [-0.15, -0.1) is 16.4 Å². The SMILES string of the molecule is Cc1nnc2sc3c(C4CCN(C(=O)C5CCCO5)CC4)ncnc3c2c1C. The molecule has 8 heteroatoms. The van der Waals surface area contributed by atoms with Gasteiger partial charge in [-0.25, -0.2) is 9.97 Å². The third-order valence-corrected chi connectivity index (χ3v) is 7.17. The minimum Gasteiger partial charge on any atom is -0.368 e. The molecule has 5 rings (SSSR count). The van der Waals surface area contributed by atoms with Crippen molar-refractivity contribution in [3.05, 3.63) is 23.3 Å². The van der Waals surface area contributed by atoms with Crippen LogP contribution in [-0.2, 0) is 9.53 Å². The summed E-state index contributed by atoms with van der Waals surface area (Å²) in [6.45, 7) is 6.29. The van der Waals surface area contributed by atoms with Gasteiger partial charge in [0.15, 0.2) is 0 Å². The van der Waals surface area contributed by atoms with Crippen molar-refractivity contribution in [3.8, 4) is 0 Å². The van der Waals surface area contributed by atoms with Gasteiger partial charge in [-0.1, -0.05) is 0 Å². The fourth-order valence-corrected chi connectivity index (χ4v) is 5.54. The van der Waals surface area contributed by atoms with Crippen molar-refractivity contribution < 1.29 is 9.53 Å². The number of carbonyl (C=O) groups excluding carboxylic acids is 1. The van der Waals surface area contributed by atoms with Gasteiger partial charge in [0.2, 0.25) is 0 Å². The molecule has 1 amide bonds. The van der Waals surface area contributed by atoms with Crippen molar-refractivity contribution in [3.63, 3.8) is 0 Å². The van der Waals surface area contributed by atoms with Crippen molar-refractivity contribution in [2.45, 2.75) is 51.6 Å². The number of likely N-dealkylation sites (tertiary alicyclic amines) is 1. The van der Waals surface area contributed by atoms with Crippen molar-refractivity contribution >= 4 is 37.7 Å². The first kappa shape index (κ1) is 17.9. The van der Waals surface area contributed by atoms with Gasteiger partial charge < -0.3 is 9.64 Å². The number of fused-ring (bicyclic) bond motifs is 3. The van der Waals surface area contributed by atoms with E-state index >= 15 is 0 Å². The van der Waals surface area contributed by atoms with Gasteiger partial charge in [-0.3, -0.25) is 4.79 Å². The van der Waals surface area contributed by atoms with Gasteiger partial charge in [-0.2, -0.15) is 5.10 Å². The molecule has 2 saturated heterocycles. The zero-order valence-electron chi connectivity index (χ0n) is 16.1. The minimum absolute atomic E-state index is 0.159. The monoisotopic (exact) mass is 397 g/mol. The van der Waals surface area contributed by atoms with E-state index in [1.807, 2.05) is 11.8 Å². The maximum atomic E-state index is 12.6. The number of hydrogen-bond acceptors (Lipinski definition) is 7. The van der Waals surface area contributed by atoms with Crippen LogP contribution in [0.1, 0.15) is 48.6 Å². The third kappa shape index (κ3) is 2.86. The van der Waals surface area contributed by atoms with E-state index in [0.717, 1.165) is 76.2 Å². The molecule has 5 heterocycles. The van der Waals surface area contributed by atoms with E-state index in [1.54, 1.807) is 17.7 Å². The molecule has 3 aromatic heterocycles. The highest BCUT2D eigenvalue weighted by Crippen LogP contribution is 2.39. The van der Waals surface area contributed by atoms with Crippen LogP contribution in [0, 0.1) is 13.8 Å². The number of carbonyl (C=O) groups is 1. The number of nitrogens with zero attached hydrogens (tertiary/aromatic N) is 5. The topological polar surface area (TPSA) is 81.1 Å². The fourth-order valence-electron chi connectivity index (χ4n) is 4.34.